The Balaban J connectivity index is 1.46. The summed E-state index contributed by atoms with van der Waals surface area (Å²) in [7, 11) is 0. The fourth-order valence-corrected chi connectivity index (χ4v) is 3.00. The van der Waals surface area contributed by atoms with Crippen molar-refractivity contribution in [2.24, 2.45) is 0 Å². The van der Waals surface area contributed by atoms with E-state index in [2.05, 4.69) is 19.8 Å². The zero-order chi connectivity index (χ0) is 14.5. The van der Waals surface area contributed by atoms with Crippen molar-refractivity contribution in [3.8, 4) is 0 Å². The summed E-state index contributed by atoms with van der Waals surface area (Å²) in [6, 6.07) is 1.83. The molecule has 0 saturated carbocycles. The molecule has 2 fully saturated rings. The Morgan fingerprint density at radius 3 is 2.29 bits per heavy atom. The molecule has 1 amide bonds. The molecular formula is C15H23N5O. The summed E-state index contributed by atoms with van der Waals surface area (Å²) >= 11 is 0. The van der Waals surface area contributed by atoms with E-state index in [4.69, 9.17) is 0 Å². The molecule has 0 spiro atoms. The maximum absolute atomic E-state index is 12.3. The van der Waals surface area contributed by atoms with Crippen LogP contribution in [-0.4, -0.2) is 71.5 Å². The third-order valence-electron chi connectivity index (χ3n) is 4.27. The first-order valence-corrected chi connectivity index (χ1v) is 7.85. The number of aromatic nitrogens is 2. The molecule has 2 aliphatic heterocycles. The van der Waals surface area contributed by atoms with Crippen LogP contribution in [-0.2, 0) is 4.79 Å². The predicted molar refractivity (Wildman–Crippen MR) is 81.1 cm³/mol. The van der Waals surface area contributed by atoms with E-state index in [1.54, 1.807) is 12.4 Å². The number of hydrogen-bond acceptors (Lipinski definition) is 5. The minimum atomic E-state index is 0.291. The van der Waals surface area contributed by atoms with E-state index in [0.29, 0.717) is 12.5 Å². The van der Waals surface area contributed by atoms with E-state index < -0.39 is 0 Å². The Labute approximate surface area is 125 Å². The largest absolute Gasteiger partial charge is 0.342 e. The van der Waals surface area contributed by atoms with Gasteiger partial charge in [0, 0.05) is 51.7 Å². The average molecular weight is 289 g/mol. The van der Waals surface area contributed by atoms with Crippen molar-refractivity contribution in [1.29, 1.82) is 0 Å². The second-order valence-corrected chi connectivity index (χ2v) is 5.75. The minimum absolute atomic E-state index is 0.291. The van der Waals surface area contributed by atoms with Gasteiger partial charge in [0.05, 0.1) is 6.54 Å². The molecule has 0 unspecified atom stereocenters. The maximum Gasteiger partial charge on any atom is 0.236 e. The molecule has 0 bridgehead atoms. The number of amides is 1. The number of nitrogens with zero attached hydrogens (tertiary/aromatic N) is 5. The maximum atomic E-state index is 12.3. The van der Waals surface area contributed by atoms with Gasteiger partial charge in [0.25, 0.3) is 0 Å². The molecule has 0 aliphatic carbocycles. The summed E-state index contributed by atoms with van der Waals surface area (Å²) in [5, 5.41) is 0. The van der Waals surface area contributed by atoms with Gasteiger partial charge in [-0.1, -0.05) is 0 Å². The van der Waals surface area contributed by atoms with E-state index >= 15 is 0 Å². The summed E-state index contributed by atoms with van der Waals surface area (Å²) < 4.78 is 0. The average Bonchev–Trinajstić information content (AvgIpc) is 2.57. The molecule has 2 saturated heterocycles. The predicted octanol–water partition coefficient (Wildman–Crippen LogP) is 0.611. The molecule has 1 aromatic heterocycles. The van der Waals surface area contributed by atoms with Crippen LogP contribution in [0.1, 0.15) is 19.3 Å². The van der Waals surface area contributed by atoms with Gasteiger partial charge in [-0.15, -0.1) is 0 Å². The van der Waals surface area contributed by atoms with E-state index in [-0.39, 0.29) is 0 Å². The summed E-state index contributed by atoms with van der Waals surface area (Å²) in [5.41, 5.74) is 0. The molecular weight excluding hydrogens is 266 g/mol. The summed E-state index contributed by atoms with van der Waals surface area (Å²) in [6.45, 7) is 6.01. The fraction of sp³-hybridized carbons (Fsp3) is 0.667. The number of rotatable bonds is 3. The normalized spacial score (nSPS) is 20.6. The first-order chi connectivity index (χ1) is 10.3. The number of piperidine rings is 1. The monoisotopic (exact) mass is 289 g/mol. The summed E-state index contributed by atoms with van der Waals surface area (Å²) in [5.74, 6) is 1.08. The Hall–Kier alpha value is -1.69. The van der Waals surface area contributed by atoms with Gasteiger partial charge in [-0.05, 0) is 25.3 Å². The lowest BCUT2D eigenvalue weighted by atomic mass is 10.1. The molecule has 3 heterocycles. The number of carbonyl (C=O) groups is 1. The van der Waals surface area contributed by atoms with Crippen molar-refractivity contribution < 1.29 is 4.79 Å². The van der Waals surface area contributed by atoms with Gasteiger partial charge in [0.15, 0.2) is 0 Å². The second kappa shape index (κ2) is 6.85. The zero-order valence-electron chi connectivity index (χ0n) is 12.4. The van der Waals surface area contributed by atoms with Gasteiger partial charge in [-0.25, -0.2) is 9.97 Å². The lowest BCUT2D eigenvalue weighted by Gasteiger charge is -2.36. The van der Waals surface area contributed by atoms with Crippen molar-refractivity contribution in [2.75, 3.05) is 50.7 Å². The summed E-state index contributed by atoms with van der Waals surface area (Å²) in [6.07, 6.45) is 7.12. The van der Waals surface area contributed by atoms with Gasteiger partial charge >= 0.3 is 0 Å². The van der Waals surface area contributed by atoms with Crippen LogP contribution >= 0.6 is 0 Å². The lowest BCUT2D eigenvalue weighted by Crippen LogP contribution is -2.51. The fourth-order valence-electron chi connectivity index (χ4n) is 3.00. The molecule has 0 N–H and O–H groups in total. The highest BCUT2D eigenvalue weighted by Crippen LogP contribution is 2.12. The van der Waals surface area contributed by atoms with Crippen LogP contribution in [0.25, 0.3) is 0 Å². The Morgan fingerprint density at radius 1 is 0.952 bits per heavy atom. The standard InChI is InChI=1S/C15H23N5O/c21-14(19-7-2-1-3-8-19)13-18-9-11-20(12-10-18)15-16-5-4-6-17-15/h4-6H,1-3,7-13H2. The van der Waals surface area contributed by atoms with Gasteiger partial charge in [0.1, 0.15) is 0 Å². The van der Waals surface area contributed by atoms with Gasteiger partial charge in [-0.2, -0.15) is 0 Å². The number of carbonyl (C=O) groups excluding carboxylic acids is 1. The number of likely N-dealkylation sites (tertiary alicyclic amines) is 1. The van der Waals surface area contributed by atoms with Crippen LogP contribution in [0.2, 0.25) is 0 Å². The van der Waals surface area contributed by atoms with E-state index in [1.165, 1.54) is 6.42 Å². The van der Waals surface area contributed by atoms with Crippen molar-refractivity contribution >= 4 is 11.9 Å². The number of hydrogen-bond donors (Lipinski definition) is 0. The Kier molecular flexibility index (Phi) is 4.65. The highest BCUT2D eigenvalue weighted by molar-refractivity contribution is 5.78. The number of piperazine rings is 1. The molecule has 0 atom stereocenters. The van der Waals surface area contributed by atoms with Gasteiger partial charge < -0.3 is 9.80 Å². The first kappa shape index (κ1) is 14.3. The summed E-state index contributed by atoms with van der Waals surface area (Å²) in [4.78, 5) is 27.3. The van der Waals surface area contributed by atoms with Gasteiger partial charge in [0.2, 0.25) is 11.9 Å². The van der Waals surface area contributed by atoms with Crippen LogP contribution in [0.4, 0.5) is 5.95 Å². The van der Waals surface area contributed by atoms with Crippen LogP contribution < -0.4 is 4.90 Å². The van der Waals surface area contributed by atoms with Crippen LogP contribution in [0, 0.1) is 0 Å². The molecule has 21 heavy (non-hydrogen) atoms. The molecule has 0 aromatic carbocycles. The van der Waals surface area contributed by atoms with Crippen molar-refractivity contribution in [3.05, 3.63) is 18.5 Å². The van der Waals surface area contributed by atoms with Crippen LogP contribution in [0.3, 0.4) is 0 Å². The van der Waals surface area contributed by atoms with Crippen molar-refractivity contribution in [1.82, 2.24) is 19.8 Å². The lowest BCUT2D eigenvalue weighted by molar-refractivity contribution is -0.133. The first-order valence-electron chi connectivity index (χ1n) is 7.85. The molecule has 1 aromatic rings. The SMILES string of the molecule is O=C(CN1CCN(c2ncccn2)CC1)N1CCCCC1. The van der Waals surface area contributed by atoms with E-state index in [1.807, 2.05) is 11.0 Å². The van der Waals surface area contributed by atoms with Crippen molar-refractivity contribution in [2.45, 2.75) is 19.3 Å². The minimum Gasteiger partial charge on any atom is -0.342 e. The van der Waals surface area contributed by atoms with Crippen LogP contribution in [0.15, 0.2) is 18.5 Å². The molecule has 6 heteroatoms. The quantitative estimate of drug-likeness (QED) is 0.816. The Bertz CT molecular complexity index is 452. The van der Waals surface area contributed by atoms with E-state index in [9.17, 15) is 4.79 Å². The number of anilines is 1. The highest BCUT2D eigenvalue weighted by Gasteiger charge is 2.23. The van der Waals surface area contributed by atoms with Gasteiger partial charge in [-0.3, -0.25) is 9.69 Å². The zero-order valence-corrected chi connectivity index (χ0v) is 12.4. The molecule has 3 rings (SSSR count). The molecule has 2 aliphatic rings. The van der Waals surface area contributed by atoms with Crippen LogP contribution in [0.5, 0.6) is 0 Å². The Morgan fingerprint density at radius 2 is 1.62 bits per heavy atom. The third kappa shape index (κ3) is 3.69. The third-order valence-corrected chi connectivity index (χ3v) is 4.27. The molecule has 114 valence electrons. The highest BCUT2D eigenvalue weighted by atomic mass is 16.2. The molecule has 0 radical (unpaired) electrons. The molecule has 6 nitrogen and oxygen atoms in total. The topological polar surface area (TPSA) is 52.6 Å². The smallest absolute Gasteiger partial charge is 0.236 e. The van der Waals surface area contributed by atoms with E-state index in [0.717, 1.165) is 58.1 Å². The second-order valence-electron chi connectivity index (χ2n) is 5.75. The van der Waals surface area contributed by atoms with Crippen molar-refractivity contribution in [3.63, 3.8) is 0 Å².